The molecule has 1 rings (SSSR count). The van der Waals surface area contributed by atoms with Crippen LogP contribution in [0.5, 0.6) is 0 Å². The average molecular weight is 305 g/mol. The fraction of sp³-hybridized carbons (Fsp3) is 0.471. The van der Waals surface area contributed by atoms with Crippen LogP contribution in [0.1, 0.15) is 56.5 Å². The van der Waals surface area contributed by atoms with Crippen LogP contribution >= 0.6 is 0 Å². The number of amides is 1. The van der Waals surface area contributed by atoms with Crippen molar-refractivity contribution in [2.75, 3.05) is 0 Å². The number of aliphatic carboxylic acids is 1. The average Bonchev–Trinajstić information content (AvgIpc) is 2.41. The minimum Gasteiger partial charge on any atom is -0.480 e. The molecule has 5 heteroatoms. The van der Waals surface area contributed by atoms with Crippen LogP contribution in [0.25, 0.3) is 0 Å². The van der Waals surface area contributed by atoms with Crippen molar-refractivity contribution < 1.29 is 19.5 Å². The van der Waals surface area contributed by atoms with E-state index in [0.717, 1.165) is 5.56 Å². The molecule has 1 amide bonds. The predicted molar refractivity (Wildman–Crippen MR) is 83.9 cm³/mol. The lowest BCUT2D eigenvalue weighted by atomic mass is 9.86. The third-order valence-electron chi connectivity index (χ3n) is 3.40. The summed E-state index contributed by atoms with van der Waals surface area (Å²) < 4.78 is 0. The number of rotatable bonds is 6. The van der Waals surface area contributed by atoms with Crippen LogP contribution < -0.4 is 5.32 Å². The van der Waals surface area contributed by atoms with E-state index in [2.05, 4.69) is 26.1 Å². The number of ketones is 1. The number of hydrogen-bond acceptors (Lipinski definition) is 3. The third-order valence-corrected chi connectivity index (χ3v) is 3.40. The van der Waals surface area contributed by atoms with Crippen molar-refractivity contribution in [1.82, 2.24) is 5.32 Å². The molecule has 2 N–H and O–H groups in total. The minimum absolute atomic E-state index is 0.0138. The fourth-order valence-corrected chi connectivity index (χ4v) is 1.97. The third kappa shape index (κ3) is 5.31. The first-order valence-corrected chi connectivity index (χ1v) is 7.25. The van der Waals surface area contributed by atoms with E-state index in [-0.39, 0.29) is 24.0 Å². The summed E-state index contributed by atoms with van der Waals surface area (Å²) in [6, 6.07) is 6.03. The highest BCUT2D eigenvalue weighted by Crippen LogP contribution is 2.22. The van der Waals surface area contributed by atoms with Crippen LogP contribution in [0.15, 0.2) is 24.3 Å². The van der Waals surface area contributed by atoms with Gasteiger partial charge in [0.15, 0.2) is 0 Å². The van der Waals surface area contributed by atoms with Gasteiger partial charge in [0.25, 0.3) is 5.91 Å². The second-order valence-corrected chi connectivity index (χ2v) is 6.43. The molecule has 1 atom stereocenters. The number of carboxylic acid groups (broad SMARTS) is 1. The van der Waals surface area contributed by atoms with Crippen LogP contribution in [-0.4, -0.2) is 28.8 Å². The number of carbonyl (C=O) groups is 3. The zero-order valence-electron chi connectivity index (χ0n) is 13.5. The summed E-state index contributed by atoms with van der Waals surface area (Å²) in [6.07, 6.45) is 0.219. The quantitative estimate of drug-likeness (QED) is 0.846. The van der Waals surface area contributed by atoms with Crippen LogP contribution in [0.3, 0.4) is 0 Å². The van der Waals surface area contributed by atoms with Crippen LogP contribution in [0.4, 0.5) is 0 Å². The molecular formula is C17H23NO4. The summed E-state index contributed by atoms with van der Waals surface area (Å²) >= 11 is 0. The second-order valence-electron chi connectivity index (χ2n) is 6.43. The van der Waals surface area contributed by atoms with E-state index in [9.17, 15) is 14.4 Å². The van der Waals surface area contributed by atoms with Crippen LogP contribution in [0, 0.1) is 0 Å². The number of carbonyl (C=O) groups excluding carboxylic acids is 2. The van der Waals surface area contributed by atoms with Gasteiger partial charge in [0, 0.05) is 12.0 Å². The number of Topliss-reactive ketones (excluding diaryl/α,β-unsaturated/α-hetero) is 1. The summed E-state index contributed by atoms with van der Waals surface area (Å²) in [5.74, 6) is -1.69. The first-order valence-electron chi connectivity index (χ1n) is 7.25. The van der Waals surface area contributed by atoms with Crippen molar-refractivity contribution in [3.05, 3.63) is 35.4 Å². The minimum atomic E-state index is -1.14. The standard InChI is InChI=1S/C17H23NO4/c1-11(19)5-10-14(16(21)22)18-15(20)12-6-8-13(9-7-12)17(2,3)4/h6-9,14H,5,10H2,1-4H3,(H,18,20)(H,21,22)/t14-/m1/s1. The van der Waals surface area contributed by atoms with Gasteiger partial charge in [-0.3, -0.25) is 4.79 Å². The fourth-order valence-electron chi connectivity index (χ4n) is 1.97. The monoisotopic (exact) mass is 305 g/mol. The summed E-state index contributed by atoms with van der Waals surface area (Å²) in [6.45, 7) is 7.62. The molecule has 0 unspecified atom stereocenters. The highest BCUT2D eigenvalue weighted by atomic mass is 16.4. The Morgan fingerprint density at radius 2 is 1.68 bits per heavy atom. The summed E-state index contributed by atoms with van der Waals surface area (Å²) in [5.41, 5.74) is 1.48. The van der Waals surface area contributed by atoms with Gasteiger partial charge in [-0.1, -0.05) is 32.9 Å². The largest absolute Gasteiger partial charge is 0.480 e. The molecular weight excluding hydrogens is 282 g/mol. The zero-order valence-corrected chi connectivity index (χ0v) is 13.5. The van der Waals surface area contributed by atoms with E-state index in [1.807, 2.05) is 12.1 Å². The molecule has 0 aliphatic heterocycles. The topological polar surface area (TPSA) is 83.5 Å². The molecule has 1 aromatic rings. The van der Waals surface area contributed by atoms with Crippen molar-refractivity contribution in [3.63, 3.8) is 0 Å². The van der Waals surface area contributed by atoms with Gasteiger partial charge in [0.05, 0.1) is 0 Å². The number of nitrogens with one attached hydrogen (secondary N) is 1. The van der Waals surface area contributed by atoms with Crippen LogP contribution in [-0.2, 0) is 15.0 Å². The molecule has 0 aliphatic rings. The lowest BCUT2D eigenvalue weighted by Crippen LogP contribution is -2.41. The van der Waals surface area contributed by atoms with Gasteiger partial charge in [0.2, 0.25) is 0 Å². The van der Waals surface area contributed by atoms with Crippen molar-refractivity contribution in [3.8, 4) is 0 Å². The highest BCUT2D eigenvalue weighted by Gasteiger charge is 2.21. The summed E-state index contributed by atoms with van der Waals surface area (Å²) in [4.78, 5) is 34.2. The van der Waals surface area contributed by atoms with E-state index < -0.39 is 17.9 Å². The molecule has 120 valence electrons. The first kappa shape index (κ1) is 17.9. The maximum atomic E-state index is 12.1. The Kier molecular flexibility index (Phi) is 5.85. The Balaban J connectivity index is 2.77. The van der Waals surface area contributed by atoms with Gasteiger partial charge in [0.1, 0.15) is 11.8 Å². The van der Waals surface area contributed by atoms with Crippen molar-refractivity contribution in [1.29, 1.82) is 0 Å². The molecule has 0 fully saturated rings. The Morgan fingerprint density at radius 3 is 2.09 bits per heavy atom. The predicted octanol–water partition coefficient (Wildman–Crippen LogP) is 2.54. The molecule has 0 aromatic heterocycles. The van der Waals surface area contributed by atoms with Crippen molar-refractivity contribution in [2.24, 2.45) is 0 Å². The molecule has 0 saturated heterocycles. The molecule has 0 spiro atoms. The number of hydrogen-bond donors (Lipinski definition) is 2. The maximum Gasteiger partial charge on any atom is 0.326 e. The molecule has 0 heterocycles. The van der Waals surface area contributed by atoms with E-state index in [1.165, 1.54) is 6.92 Å². The normalized spacial score (nSPS) is 12.5. The Morgan fingerprint density at radius 1 is 1.14 bits per heavy atom. The van der Waals surface area contributed by atoms with E-state index in [0.29, 0.717) is 5.56 Å². The SMILES string of the molecule is CC(=O)CC[C@@H](NC(=O)c1ccc(C(C)(C)C)cc1)C(=O)O. The summed E-state index contributed by atoms with van der Waals surface area (Å²) in [5, 5.41) is 11.6. The molecule has 0 saturated carbocycles. The molecule has 1 aromatic carbocycles. The molecule has 0 aliphatic carbocycles. The molecule has 22 heavy (non-hydrogen) atoms. The van der Waals surface area contributed by atoms with Gasteiger partial charge < -0.3 is 15.2 Å². The van der Waals surface area contributed by atoms with Gasteiger partial charge in [-0.2, -0.15) is 0 Å². The number of carboxylic acids is 1. The van der Waals surface area contributed by atoms with E-state index in [4.69, 9.17) is 5.11 Å². The Labute approximate surface area is 130 Å². The zero-order chi connectivity index (χ0) is 16.9. The molecule has 0 bridgehead atoms. The van der Waals surface area contributed by atoms with E-state index in [1.54, 1.807) is 12.1 Å². The smallest absolute Gasteiger partial charge is 0.326 e. The van der Waals surface area contributed by atoms with Crippen molar-refractivity contribution in [2.45, 2.75) is 52.0 Å². The lowest BCUT2D eigenvalue weighted by Gasteiger charge is -2.19. The molecule has 5 nitrogen and oxygen atoms in total. The Bertz CT molecular complexity index is 555. The Hall–Kier alpha value is -2.17. The first-order chi connectivity index (χ1) is 10.1. The highest BCUT2D eigenvalue weighted by molar-refractivity contribution is 5.96. The van der Waals surface area contributed by atoms with Gasteiger partial charge in [-0.15, -0.1) is 0 Å². The van der Waals surface area contributed by atoms with Gasteiger partial charge in [-0.05, 0) is 36.5 Å². The maximum absolute atomic E-state index is 12.1. The van der Waals surface area contributed by atoms with E-state index >= 15 is 0 Å². The van der Waals surface area contributed by atoms with Crippen molar-refractivity contribution >= 4 is 17.7 Å². The summed E-state index contributed by atoms with van der Waals surface area (Å²) in [7, 11) is 0. The second kappa shape index (κ2) is 7.20. The van der Waals surface area contributed by atoms with Gasteiger partial charge >= 0.3 is 5.97 Å². The van der Waals surface area contributed by atoms with Crippen LogP contribution in [0.2, 0.25) is 0 Å². The lowest BCUT2D eigenvalue weighted by molar-refractivity contribution is -0.139. The number of benzene rings is 1. The molecule has 0 radical (unpaired) electrons. The van der Waals surface area contributed by atoms with Gasteiger partial charge in [-0.25, -0.2) is 4.79 Å².